The molecule has 0 fully saturated rings. The van der Waals surface area contributed by atoms with E-state index < -0.39 is 12.1 Å². The standard InChI is InChI=1S/C63H123NO5/c1-3-5-7-9-11-13-15-17-19-27-31-35-39-43-47-51-55-61(66)60(59-65)64-62(67)56-52-48-44-40-36-32-28-25-23-21-22-24-26-30-34-38-42-46-50-54-58-69-63(68)57-53-49-45-41-37-33-29-20-18-16-14-12-10-8-6-4-2/h51,55,60-61,65-66H,3-50,52-54,56-59H2,1-2H3,(H,64,67)/b55-51+. The average Bonchev–Trinajstić information content (AvgIpc) is 3.35. The second kappa shape index (κ2) is 59.2. The number of carbonyl (C=O) groups excluding carboxylic acids is 2. The SMILES string of the molecule is CCCCCCCCCCCCCCCC/C=C/C(O)C(CO)NC(=O)CCCCCCCCCCCCCCCCCCCCCCOC(=O)CCCCCCCCCCCCCCCCCC. The summed E-state index contributed by atoms with van der Waals surface area (Å²) in [6, 6.07) is -0.628. The van der Waals surface area contributed by atoms with Gasteiger partial charge >= 0.3 is 5.97 Å². The first-order chi connectivity index (χ1) is 34.0. The van der Waals surface area contributed by atoms with Crippen LogP contribution in [0.15, 0.2) is 12.2 Å². The van der Waals surface area contributed by atoms with Crippen LogP contribution < -0.4 is 5.32 Å². The van der Waals surface area contributed by atoms with Crippen LogP contribution in [0.5, 0.6) is 0 Å². The minimum Gasteiger partial charge on any atom is -0.466 e. The van der Waals surface area contributed by atoms with Crippen LogP contribution in [0.25, 0.3) is 0 Å². The van der Waals surface area contributed by atoms with Crippen molar-refractivity contribution in [2.45, 2.75) is 366 Å². The molecule has 0 saturated carbocycles. The minimum absolute atomic E-state index is 0.0141. The third-order valence-electron chi connectivity index (χ3n) is 14.8. The first-order valence-electron chi connectivity index (χ1n) is 31.5. The van der Waals surface area contributed by atoms with Crippen LogP contribution in [0.1, 0.15) is 354 Å². The first kappa shape index (κ1) is 67.6. The van der Waals surface area contributed by atoms with Crippen molar-refractivity contribution in [1.29, 1.82) is 0 Å². The van der Waals surface area contributed by atoms with Crippen LogP contribution >= 0.6 is 0 Å². The molecule has 0 heterocycles. The number of hydrogen-bond donors (Lipinski definition) is 3. The van der Waals surface area contributed by atoms with Crippen molar-refractivity contribution >= 4 is 11.9 Å². The van der Waals surface area contributed by atoms with Crippen molar-refractivity contribution in [3.8, 4) is 0 Å². The van der Waals surface area contributed by atoms with E-state index in [-0.39, 0.29) is 18.5 Å². The predicted molar refractivity (Wildman–Crippen MR) is 301 cm³/mol. The number of amides is 1. The number of ether oxygens (including phenoxy) is 1. The lowest BCUT2D eigenvalue weighted by molar-refractivity contribution is -0.143. The van der Waals surface area contributed by atoms with Gasteiger partial charge in [-0.25, -0.2) is 0 Å². The summed E-state index contributed by atoms with van der Waals surface area (Å²) in [5.41, 5.74) is 0. The fourth-order valence-corrected chi connectivity index (χ4v) is 9.99. The molecule has 0 aromatic rings. The second-order valence-electron chi connectivity index (χ2n) is 21.8. The lowest BCUT2D eigenvalue weighted by Gasteiger charge is -2.20. The number of aliphatic hydroxyl groups excluding tert-OH is 2. The van der Waals surface area contributed by atoms with Gasteiger partial charge in [0, 0.05) is 12.8 Å². The molecule has 0 aliphatic heterocycles. The van der Waals surface area contributed by atoms with Crippen LogP contribution in [0.3, 0.4) is 0 Å². The molecule has 6 heteroatoms. The van der Waals surface area contributed by atoms with Gasteiger partial charge in [0.1, 0.15) is 0 Å². The van der Waals surface area contributed by atoms with Gasteiger partial charge < -0.3 is 20.3 Å². The van der Waals surface area contributed by atoms with E-state index in [1.807, 2.05) is 6.08 Å². The summed E-state index contributed by atoms with van der Waals surface area (Å²) in [6.07, 6.45) is 71.1. The fourth-order valence-electron chi connectivity index (χ4n) is 9.99. The van der Waals surface area contributed by atoms with E-state index in [0.717, 1.165) is 38.5 Å². The van der Waals surface area contributed by atoms with Crippen LogP contribution in [0.4, 0.5) is 0 Å². The highest BCUT2D eigenvalue weighted by Crippen LogP contribution is 2.18. The molecule has 69 heavy (non-hydrogen) atoms. The van der Waals surface area contributed by atoms with E-state index >= 15 is 0 Å². The lowest BCUT2D eigenvalue weighted by Crippen LogP contribution is -2.45. The van der Waals surface area contributed by atoms with Gasteiger partial charge in [-0.3, -0.25) is 9.59 Å². The lowest BCUT2D eigenvalue weighted by atomic mass is 10.0. The number of aliphatic hydroxyl groups is 2. The summed E-state index contributed by atoms with van der Waals surface area (Å²) >= 11 is 0. The Morgan fingerprint density at radius 3 is 0.986 bits per heavy atom. The molecule has 0 radical (unpaired) electrons. The molecule has 0 aliphatic carbocycles. The van der Waals surface area contributed by atoms with Gasteiger partial charge in [0.2, 0.25) is 5.91 Å². The molecule has 1 amide bonds. The van der Waals surface area contributed by atoms with Crippen molar-refractivity contribution < 1.29 is 24.5 Å². The van der Waals surface area contributed by atoms with Gasteiger partial charge in [0.15, 0.2) is 0 Å². The van der Waals surface area contributed by atoms with Crippen molar-refractivity contribution in [2.75, 3.05) is 13.2 Å². The Kier molecular flexibility index (Phi) is 58.0. The molecule has 2 atom stereocenters. The Labute approximate surface area is 431 Å². The predicted octanol–water partition coefficient (Wildman–Crippen LogP) is 19.6. The van der Waals surface area contributed by atoms with Crippen LogP contribution in [-0.4, -0.2) is 47.4 Å². The number of carbonyl (C=O) groups is 2. The third-order valence-corrected chi connectivity index (χ3v) is 14.8. The topological polar surface area (TPSA) is 95.9 Å². The van der Waals surface area contributed by atoms with Crippen molar-refractivity contribution in [1.82, 2.24) is 5.32 Å². The van der Waals surface area contributed by atoms with Gasteiger partial charge in [-0.05, 0) is 32.1 Å². The highest BCUT2D eigenvalue weighted by Gasteiger charge is 2.18. The smallest absolute Gasteiger partial charge is 0.305 e. The number of rotatable bonds is 59. The van der Waals surface area contributed by atoms with Crippen molar-refractivity contribution in [3.63, 3.8) is 0 Å². The largest absolute Gasteiger partial charge is 0.466 e. The summed E-state index contributed by atoms with van der Waals surface area (Å²) in [5, 5.41) is 23.1. The van der Waals surface area contributed by atoms with Crippen molar-refractivity contribution in [2.24, 2.45) is 0 Å². The highest BCUT2D eigenvalue weighted by molar-refractivity contribution is 5.76. The summed E-state index contributed by atoms with van der Waals surface area (Å²) in [7, 11) is 0. The summed E-state index contributed by atoms with van der Waals surface area (Å²) in [4.78, 5) is 24.5. The van der Waals surface area contributed by atoms with Crippen molar-refractivity contribution in [3.05, 3.63) is 12.2 Å². The Balaban J connectivity index is 3.39. The number of allylic oxidation sites excluding steroid dienone is 1. The van der Waals surface area contributed by atoms with Gasteiger partial charge in [-0.15, -0.1) is 0 Å². The van der Waals surface area contributed by atoms with E-state index in [1.54, 1.807) is 6.08 Å². The summed E-state index contributed by atoms with van der Waals surface area (Å²) in [5.74, 6) is -0.0529. The van der Waals surface area contributed by atoms with Crippen LogP contribution in [0.2, 0.25) is 0 Å². The molecule has 0 bridgehead atoms. The van der Waals surface area contributed by atoms with Gasteiger partial charge in [0.25, 0.3) is 0 Å². The zero-order valence-corrected chi connectivity index (χ0v) is 46.8. The Morgan fingerprint density at radius 1 is 0.391 bits per heavy atom. The molecule has 6 nitrogen and oxygen atoms in total. The van der Waals surface area contributed by atoms with E-state index in [4.69, 9.17) is 4.74 Å². The van der Waals surface area contributed by atoms with Crippen LogP contribution in [-0.2, 0) is 14.3 Å². The molecule has 410 valence electrons. The Hall–Kier alpha value is -1.40. The zero-order valence-electron chi connectivity index (χ0n) is 46.8. The molecule has 0 rings (SSSR count). The zero-order chi connectivity index (χ0) is 50.0. The monoisotopic (exact) mass is 974 g/mol. The van der Waals surface area contributed by atoms with Gasteiger partial charge in [-0.2, -0.15) is 0 Å². The first-order valence-corrected chi connectivity index (χ1v) is 31.5. The van der Waals surface area contributed by atoms with Gasteiger partial charge in [0.05, 0.1) is 25.4 Å². The quantitative estimate of drug-likeness (QED) is 0.0321. The molecule has 0 aromatic carbocycles. The molecular formula is C63H123NO5. The van der Waals surface area contributed by atoms with E-state index in [1.165, 1.54) is 289 Å². The molecule has 2 unspecified atom stereocenters. The maximum atomic E-state index is 12.5. The van der Waals surface area contributed by atoms with E-state index in [9.17, 15) is 19.8 Å². The van der Waals surface area contributed by atoms with E-state index in [2.05, 4.69) is 19.2 Å². The molecule has 0 aromatic heterocycles. The Bertz CT molecular complexity index is 1030. The summed E-state index contributed by atoms with van der Waals surface area (Å²) in [6.45, 7) is 4.93. The highest BCUT2D eigenvalue weighted by atomic mass is 16.5. The third kappa shape index (κ3) is 55.8. The molecule has 3 N–H and O–H groups in total. The minimum atomic E-state index is -0.845. The maximum Gasteiger partial charge on any atom is 0.305 e. The molecular weight excluding hydrogens is 851 g/mol. The van der Waals surface area contributed by atoms with E-state index in [0.29, 0.717) is 19.4 Å². The number of esters is 1. The number of hydrogen-bond acceptors (Lipinski definition) is 5. The fraction of sp³-hybridized carbons (Fsp3) is 0.937. The van der Waals surface area contributed by atoms with Crippen LogP contribution in [0, 0.1) is 0 Å². The summed E-state index contributed by atoms with van der Waals surface area (Å²) < 4.78 is 5.49. The molecule has 0 saturated heterocycles. The molecule has 0 spiro atoms. The Morgan fingerprint density at radius 2 is 0.667 bits per heavy atom. The maximum absolute atomic E-state index is 12.5. The normalized spacial score (nSPS) is 12.6. The molecule has 0 aliphatic rings. The average molecular weight is 975 g/mol. The second-order valence-corrected chi connectivity index (χ2v) is 21.8. The van der Waals surface area contributed by atoms with Gasteiger partial charge in [-0.1, -0.05) is 321 Å². The number of nitrogens with one attached hydrogen (secondary N) is 1. The number of unbranched alkanes of at least 4 members (excludes halogenated alkanes) is 48.